The van der Waals surface area contributed by atoms with Gasteiger partial charge in [-0.15, -0.1) is 17.0 Å². The van der Waals surface area contributed by atoms with Crippen LogP contribution in [0.4, 0.5) is 5.82 Å². The van der Waals surface area contributed by atoms with Gasteiger partial charge in [-0.1, -0.05) is 30.3 Å². The van der Waals surface area contributed by atoms with Crippen molar-refractivity contribution in [3.05, 3.63) is 55.0 Å². The van der Waals surface area contributed by atoms with E-state index < -0.39 is 0 Å². The smallest absolute Gasteiger partial charge is 0.127 e. The number of hydrogen-bond donors (Lipinski definition) is 1. The van der Waals surface area contributed by atoms with Crippen LogP contribution in [0.2, 0.25) is 0 Å². The van der Waals surface area contributed by atoms with Crippen LogP contribution in [0.3, 0.4) is 0 Å². The van der Waals surface area contributed by atoms with Gasteiger partial charge >= 0.3 is 0 Å². The Balaban J connectivity index is 0.00000108. The molecule has 1 aromatic carbocycles. The highest BCUT2D eigenvalue weighted by Crippen LogP contribution is 2.22. The fraction of sp³-hybridized carbons (Fsp3) is 0. The van der Waals surface area contributed by atoms with E-state index in [9.17, 15) is 0 Å². The Labute approximate surface area is 110 Å². The Bertz CT molecular complexity index is 631. The molecule has 17 heavy (non-hydrogen) atoms. The molecule has 0 unspecified atom stereocenters. The van der Waals surface area contributed by atoms with Crippen molar-refractivity contribution in [1.82, 2.24) is 9.38 Å². The molecule has 2 heterocycles. The van der Waals surface area contributed by atoms with E-state index in [4.69, 9.17) is 5.73 Å². The first-order valence-corrected chi connectivity index (χ1v) is 5.11. The summed E-state index contributed by atoms with van der Waals surface area (Å²) in [5.41, 5.74) is 9.08. The molecule has 0 spiro atoms. The van der Waals surface area contributed by atoms with E-state index in [1.807, 2.05) is 28.7 Å². The van der Waals surface area contributed by atoms with Gasteiger partial charge in [0.15, 0.2) is 0 Å². The second-order valence-electron chi connectivity index (χ2n) is 3.74. The first-order valence-electron chi connectivity index (χ1n) is 5.11. The maximum atomic E-state index is 5.65. The van der Waals surface area contributed by atoms with Gasteiger partial charge in [-0.2, -0.15) is 0 Å². The molecule has 2 aromatic heterocycles. The van der Waals surface area contributed by atoms with Crippen molar-refractivity contribution in [1.29, 1.82) is 0 Å². The number of fused-ring (bicyclic) bond motifs is 1. The summed E-state index contributed by atoms with van der Waals surface area (Å²) < 4.78 is 1.97. The van der Waals surface area contributed by atoms with Gasteiger partial charge in [0.25, 0.3) is 0 Å². The van der Waals surface area contributed by atoms with Gasteiger partial charge < -0.3 is 10.1 Å². The molecule has 86 valence electrons. The number of anilines is 1. The van der Waals surface area contributed by atoms with E-state index in [0.717, 1.165) is 5.52 Å². The predicted molar refractivity (Wildman–Crippen MR) is 75.4 cm³/mol. The second kappa shape index (κ2) is 4.59. The van der Waals surface area contributed by atoms with Crippen LogP contribution in [0.25, 0.3) is 16.6 Å². The Hall–Kier alpha value is -1.81. The Kier molecular flexibility index (Phi) is 3.15. The molecule has 0 aliphatic rings. The van der Waals surface area contributed by atoms with Crippen LogP contribution in [-0.2, 0) is 0 Å². The van der Waals surface area contributed by atoms with E-state index in [1.165, 1.54) is 11.1 Å². The molecule has 0 saturated carbocycles. The zero-order valence-electron chi connectivity index (χ0n) is 9.08. The summed E-state index contributed by atoms with van der Waals surface area (Å²) in [5, 5.41) is 0. The number of nitrogen functional groups attached to an aromatic ring is 1. The molecular weight excluding hydrogens is 278 g/mol. The minimum Gasteiger partial charge on any atom is -0.384 e. The molecule has 0 atom stereocenters. The molecule has 2 N–H and O–H groups in total. The zero-order valence-corrected chi connectivity index (χ0v) is 10.8. The van der Waals surface area contributed by atoms with E-state index in [1.54, 1.807) is 6.33 Å². The van der Waals surface area contributed by atoms with Gasteiger partial charge in [-0.05, 0) is 11.6 Å². The lowest BCUT2D eigenvalue weighted by Crippen LogP contribution is -1.91. The van der Waals surface area contributed by atoms with Gasteiger partial charge in [-0.25, -0.2) is 4.98 Å². The van der Waals surface area contributed by atoms with Gasteiger partial charge in [0, 0.05) is 17.8 Å². The number of hydrogen-bond acceptors (Lipinski definition) is 2. The van der Waals surface area contributed by atoms with Gasteiger partial charge in [-0.3, -0.25) is 0 Å². The van der Waals surface area contributed by atoms with Crippen LogP contribution in [-0.4, -0.2) is 9.38 Å². The van der Waals surface area contributed by atoms with Crippen LogP contribution in [0.5, 0.6) is 0 Å². The molecule has 0 bridgehead atoms. The summed E-state index contributed by atoms with van der Waals surface area (Å²) in [6, 6.07) is 14.2. The Morgan fingerprint density at radius 3 is 2.53 bits per heavy atom. The van der Waals surface area contributed by atoms with Crippen LogP contribution in [0.15, 0.2) is 55.0 Å². The lowest BCUT2D eigenvalue weighted by atomic mass is 10.1. The summed E-state index contributed by atoms with van der Waals surface area (Å²) in [6.07, 6.45) is 3.79. The molecule has 0 saturated heterocycles. The standard InChI is InChI=1S/C13H11N3.BrH/c14-13-7-12-6-11(8-16(12)9-15-13)10-4-2-1-3-5-10;/h1-9H,14H2;1H. The first kappa shape index (κ1) is 11.7. The van der Waals surface area contributed by atoms with Crippen LogP contribution in [0.1, 0.15) is 0 Å². The minimum atomic E-state index is 0. The molecule has 0 amide bonds. The highest BCUT2D eigenvalue weighted by molar-refractivity contribution is 8.93. The van der Waals surface area contributed by atoms with Gasteiger partial charge in [0.2, 0.25) is 0 Å². The summed E-state index contributed by atoms with van der Waals surface area (Å²) in [6.45, 7) is 0. The topological polar surface area (TPSA) is 43.3 Å². The number of rotatable bonds is 1. The maximum absolute atomic E-state index is 5.65. The third kappa shape index (κ3) is 2.17. The zero-order chi connectivity index (χ0) is 11.0. The van der Waals surface area contributed by atoms with Crippen LogP contribution >= 0.6 is 17.0 Å². The van der Waals surface area contributed by atoms with Crippen molar-refractivity contribution in [2.75, 3.05) is 5.73 Å². The summed E-state index contributed by atoms with van der Waals surface area (Å²) in [4.78, 5) is 4.06. The van der Waals surface area contributed by atoms with Crippen molar-refractivity contribution in [3.8, 4) is 11.1 Å². The number of nitrogens with two attached hydrogens (primary N) is 1. The largest absolute Gasteiger partial charge is 0.384 e. The summed E-state index contributed by atoms with van der Waals surface area (Å²) in [7, 11) is 0. The SMILES string of the molecule is Br.Nc1cc2cc(-c3ccccc3)cn2cn1. The van der Waals surface area contributed by atoms with Crippen molar-refractivity contribution >= 4 is 28.3 Å². The molecule has 3 rings (SSSR count). The van der Waals surface area contributed by atoms with Gasteiger partial charge in [0.05, 0.1) is 5.52 Å². The Morgan fingerprint density at radius 1 is 1.00 bits per heavy atom. The van der Waals surface area contributed by atoms with Gasteiger partial charge in [0.1, 0.15) is 12.1 Å². The van der Waals surface area contributed by atoms with Crippen molar-refractivity contribution in [3.63, 3.8) is 0 Å². The number of aromatic nitrogens is 2. The maximum Gasteiger partial charge on any atom is 0.127 e. The molecule has 0 aliphatic carbocycles. The van der Waals surface area contributed by atoms with Crippen molar-refractivity contribution in [2.45, 2.75) is 0 Å². The van der Waals surface area contributed by atoms with Crippen LogP contribution < -0.4 is 5.73 Å². The number of benzene rings is 1. The molecule has 3 aromatic rings. The number of halogens is 1. The summed E-state index contributed by atoms with van der Waals surface area (Å²) >= 11 is 0. The average molecular weight is 290 g/mol. The normalized spacial score (nSPS) is 10.1. The number of nitrogens with zero attached hydrogens (tertiary/aromatic N) is 2. The average Bonchev–Trinajstić information content (AvgIpc) is 2.73. The molecule has 0 radical (unpaired) electrons. The molecule has 4 heteroatoms. The van der Waals surface area contributed by atoms with E-state index in [0.29, 0.717) is 5.82 Å². The third-order valence-electron chi connectivity index (χ3n) is 2.61. The molecule has 3 nitrogen and oxygen atoms in total. The quantitative estimate of drug-likeness (QED) is 0.748. The highest BCUT2D eigenvalue weighted by atomic mass is 79.9. The highest BCUT2D eigenvalue weighted by Gasteiger charge is 2.02. The van der Waals surface area contributed by atoms with Crippen molar-refractivity contribution < 1.29 is 0 Å². The van der Waals surface area contributed by atoms with E-state index in [-0.39, 0.29) is 17.0 Å². The summed E-state index contributed by atoms with van der Waals surface area (Å²) in [5.74, 6) is 0.546. The Morgan fingerprint density at radius 2 is 1.76 bits per heavy atom. The van der Waals surface area contributed by atoms with Crippen LogP contribution in [0, 0.1) is 0 Å². The monoisotopic (exact) mass is 289 g/mol. The van der Waals surface area contributed by atoms with E-state index in [2.05, 4.69) is 29.4 Å². The van der Waals surface area contributed by atoms with E-state index >= 15 is 0 Å². The second-order valence-corrected chi connectivity index (χ2v) is 3.74. The molecule has 0 aliphatic heterocycles. The molecular formula is C13H12BrN3. The minimum absolute atomic E-state index is 0. The fourth-order valence-corrected chi connectivity index (χ4v) is 1.82. The lowest BCUT2D eigenvalue weighted by molar-refractivity contribution is 1.10. The first-order chi connectivity index (χ1) is 7.83. The third-order valence-corrected chi connectivity index (χ3v) is 2.61. The lowest BCUT2D eigenvalue weighted by Gasteiger charge is -1.94. The fourth-order valence-electron chi connectivity index (χ4n) is 1.82. The van der Waals surface area contributed by atoms with Crippen molar-refractivity contribution in [2.24, 2.45) is 0 Å². The predicted octanol–water partition coefficient (Wildman–Crippen LogP) is 3.16. The molecule has 0 fully saturated rings.